The minimum Gasteiger partial charge on any atom is -0.395 e. The third-order valence-corrected chi connectivity index (χ3v) is 2.48. The lowest BCUT2D eigenvalue weighted by atomic mass is 9.84. The lowest BCUT2D eigenvalue weighted by molar-refractivity contribution is 0.183. The first-order valence-corrected chi connectivity index (χ1v) is 4.70. The van der Waals surface area contributed by atoms with Crippen LogP contribution in [0.2, 0.25) is 0 Å². The zero-order valence-corrected chi connectivity index (χ0v) is 8.63. The molecule has 1 atom stereocenters. The molecule has 15 heavy (non-hydrogen) atoms. The Labute approximate surface area is 88.1 Å². The van der Waals surface area contributed by atoms with Crippen molar-refractivity contribution in [1.82, 2.24) is 0 Å². The van der Waals surface area contributed by atoms with E-state index in [9.17, 15) is 8.78 Å². The number of halogens is 2. The second-order valence-corrected chi connectivity index (χ2v) is 3.91. The van der Waals surface area contributed by atoms with E-state index < -0.39 is 17.0 Å². The fourth-order valence-electron chi connectivity index (χ4n) is 1.31. The first-order valence-electron chi connectivity index (χ1n) is 4.70. The van der Waals surface area contributed by atoms with E-state index in [4.69, 9.17) is 5.11 Å². The van der Waals surface area contributed by atoms with Crippen LogP contribution in [0.15, 0.2) is 30.9 Å². The summed E-state index contributed by atoms with van der Waals surface area (Å²) < 4.78 is 26.2. The van der Waals surface area contributed by atoms with Crippen LogP contribution in [0.25, 0.3) is 0 Å². The molecular formula is C12H14F2O. The van der Waals surface area contributed by atoms with Crippen LogP contribution in [0.4, 0.5) is 8.78 Å². The molecule has 0 aliphatic carbocycles. The Morgan fingerprint density at radius 1 is 1.47 bits per heavy atom. The van der Waals surface area contributed by atoms with E-state index in [1.807, 2.05) is 0 Å². The first kappa shape index (κ1) is 11.9. The Hall–Kier alpha value is -1.22. The summed E-state index contributed by atoms with van der Waals surface area (Å²) in [5.41, 5.74) is -0.360. The smallest absolute Gasteiger partial charge is 0.162 e. The van der Waals surface area contributed by atoms with Gasteiger partial charge in [-0.15, -0.1) is 6.58 Å². The maximum absolute atomic E-state index is 13.3. The van der Waals surface area contributed by atoms with Crippen LogP contribution in [0.1, 0.15) is 12.5 Å². The summed E-state index contributed by atoms with van der Waals surface area (Å²) in [6, 6.07) is 4.04. The number of aliphatic hydroxyl groups excluding tert-OH is 1. The van der Waals surface area contributed by atoms with Gasteiger partial charge in [0.05, 0.1) is 6.61 Å². The van der Waals surface area contributed by atoms with Gasteiger partial charge in [0.2, 0.25) is 0 Å². The van der Waals surface area contributed by atoms with Crippen LogP contribution >= 0.6 is 0 Å². The fourth-order valence-corrected chi connectivity index (χ4v) is 1.31. The molecule has 1 rings (SSSR count). The Kier molecular flexibility index (Phi) is 3.58. The van der Waals surface area contributed by atoms with Gasteiger partial charge in [0.15, 0.2) is 11.6 Å². The molecule has 82 valence electrons. The molecule has 0 radical (unpaired) electrons. The molecule has 0 aliphatic heterocycles. The van der Waals surface area contributed by atoms with Gasteiger partial charge in [-0.2, -0.15) is 0 Å². The average Bonchev–Trinajstić information content (AvgIpc) is 2.25. The summed E-state index contributed by atoms with van der Waals surface area (Å²) in [5, 5.41) is 9.12. The molecule has 0 heterocycles. The lowest BCUT2D eigenvalue weighted by Gasteiger charge is -2.23. The van der Waals surface area contributed by atoms with Gasteiger partial charge >= 0.3 is 0 Å². The lowest BCUT2D eigenvalue weighted by Crippen LogP contribution is -2.22. The van der Waals surface area contributed by atoms with Gasteiger partial charge in [-0.05, 0) is 18.1 Å². The van der Waals surface area contributed by atoms with E-state index in [2.05, 4.69) is 6.58 Å². The quantitative estimate of drug-likeness (QED) is 0.761. The van der Waals surface area contributed by atoms with E-state index in [-0.39, 0.29) is 18.6 Å². The number of benzene rings is 1. The molecule has 1 unspecified atom stereocenters. The molecule has 0 saturated heterocycles. The van der Waals surface area contributed by atoms with Crippen molar-refractivity contribution >= 4 is 0 Å². The largest absolute Gasteiger partial charge is 0.395 e. The summed E-state index contributed by atoms with van der Waals surface area (Å²) in [5.74, 6) is -1.71. The first-order chi connectivity index (χ1) is 7.02. The number of rotatable bonds is 4. The van der Waals surface area contributed by atoms with Gasteiger partial charge in [0.1, 0.15) is 0 Å². The van der Waals surface area contributed by atoms with Crippen LogP contribution in [0, 0.1) is 17.0 Å². The van der Waals surface area contributed by atoms with Crippen LogP contribution in [-0.4, -0.2) is 11.7 Å². The van der Waals surface area contributed by atoms with Gasteiger partial charge in [-0.25, -0.2) is 8.78 Å². The normalized spacial score (nSPS) is 14.7. The summed E-state index contributed by atoms with van der Waals surface area (Å²) in [6.45, 7) is 5.17. The second-order valence-electron chi connectivity index (χ2n) is 3.91. The van der Waals surface area contributed by atoms with Crippen molar-refractivity contribution in [2.24, 2.45) is 5.41 Å². The zero-order chi connectivity index (χ0) is 11.5. The summed E-state index contributed by atoms with van der Waals surface area (Å²) in [6.07, 6.45) is 1.79. The second kappa shape index (κ2) is 4.53. The van der Waals surface area contributed by atoms with Gasteiger partial charge in [0.25, 0.3) is 0 Å². The van der Waals surface area contributed by atoms with Crippen molar-refractivity contribution in [2.75, 3.05) is 6.61 Å². The predicted molar refractivity (Wildman–Crippen MR) is 55.5 cm³/mol. The third-order valence-electron chi connectivity index (χ3n) is 2.48. The van der Waals surface area contributed by atoms with E-state index in [1.165, 1.54) is 12.1 Å². The molecule has 0 spiro atoms. The van der Waals surface area contributed by atoms with E-state index in [1.54, 1.807) is 13.0 Å². The predicted octanol–water partition coefficient (Wildman–Crippen LogP) is 2.69. The highest BCUT2D eigenvalue weighted by Gasteiger charge is 2.22. The highest BCUT2D eigenvalue weighted by atomic mass is 19.2. The van der Waals surface area contributed by atoms with Gasteiger partial charge in [-0.1, -0.05) is 25.1 Å². The Balaban J connectivity index is 2.98. The number of aliphatic hydroxyl groups is 1. The number of hydrogen-bond donors (Lipinski definition) is 1. The van der Waals surface area contributed by atoms with Crippen molar-refractivity contribution in [3.8, 4) is 0 Å². The Bertz CT molecular complexity index is 363. The standard InChI is InChI=1S/C12H14F2O/c1-3-12(2,8-15)7-9-5-4-6-10(13)11(9)14/h3-6,15H,1,7-8H2,2H3. The molecule has 1 N–H and O–H groups in total. The zero-order valence-electron chi connectivity index (χ0n) is 8.63. The molecule has 1 aromatic carbocycles. The monoisotopic (exact) mass is 212 g/mol. The van der Waals surface area contributed by atoms with Crippen molar-refractivity contribution in [3.05, 3.63) is 48.1 Å². The third kappa shape index (κ3) is 2.63. The van der Waals surface area contributed by atoms with Gasteiger partial charge in [-0.3, -0.25) is 0 Å². The number of hydrogen-bond acceptors (Lipinski definition) is 1. The molecule has 3 heteroatoms. The minimum absolute atomic E-state index is 0.146. The molecule has 0 bridgehead atoms. The molecule has 0 aromatic heterocycles. The van der Waals surface area contributed by atoms with E-state index >= 15 is 0 Å². The molecule has 0 fully saturated rings. The van der Waals surface area contributed by atoms with E-state index in [0.717, 1.165) is 6.07 Å². The molecule has 0 aliphatic rings. The van der Waals surface area contributed by atoms with Crippen molar-refractivity contribution < 1.29 is 13.9 Å². The van der Waals surface area contributed by atoms with Crippen LogP contribution in [0.5, 0.6) is 0 Å². The average molecular weight is 212 g/mol. The van der Waals surface area contributed by atoms with Gasteiger partial charge < -0.3 is 5.11 Å². The molecule has 0 amide bonds. The summed E-state index contributed by atoms with van der Waals surface area (Å²) in [7, 11) is 0. The Morgan fingerprint density at radius 3 is 2.67 bits per heavy atom. The molecular weight excluding hydrogens is 198 g/mol. The Morgan fingerprint density at radius 2 is 2.13 bits per heavy atom. The summed E-state index contributed by atoms with van der Waals surface area (Å²) >= 11 is 0. The van der Waals surface area contributed by atoms with Crippen molar-refractivity contribution in [3.63, 3.8) is 0 Å². The van der Waals surface area contributed by atoms with Crippen LogP contribution in [0.3, 0.4) is 0 Å². The van der Waals surface area contributed by atoms with Crippen molar-refractivity contribution in [1.29, 1.82) is 0 Å². The SMILES string of the molecule is C=CC(C)(CO)Cc1cccc(F)c1F. The topological polar surface area (TPSA) is 20.2 Å². The highest BCUT2D eigenvalue weighted by Crippen LogP contribution is 2.25. The molecule has 0 saturated carbocycles. The van der Waals surface area contributed by atoms with Crippen LogP contribution in [-0.2, 0) is 6.42 Å². The maximum Gasteiger partial charge on any atom is 0.162 e. The minimum atomic E-state index is -0.864. The maximum atomic E-state index is 13.3. The van der Waals surface area contributed by atoms with E-state index in [0.29, 0.717) is 0 Å². The van der Waals surface area contributed by atoms with Gasteiger partial charge in [0, 0.05) is 5.41 Å². The summed E-state index contributed by atoms with van der Waals surface area (Å²) in [4.78, 5) is 0. The fraction of sp³-hybridized carbons (Fsp3) is 0.333. The highest BCUT2D eigenvalue weighted by molar-refractivity contribution is 5.21. The molecule has 1 aromatic rings. The van der Waals surface area contributed by atoms with Crippen molar-refractivity contribution in [2.45, 2.75) is 13.3 Å². The molecule has 1 nitrogen and oxygen atoms in total. The van der Waals surface area contributed by atoms with Crippen LogP contribution < -0.4 is 0 Å².